The van der Waals surface area contributed by atoms with E-state index in [-0.39, 0.29) is 23.2 Å². The van der Waals surface area contributed by atoms with Crippen LogP contribution in [0.4, 0.5) is 20.3 Å². The molecule has 3 rings (SSSR count). The maximum atomic E-state index is 13.0. The summed E-state index contributed by atoms with van der Waals surface area (Å²) in [5.74, 6) is 0.434. The number of anilines is 2. The first-order valence-electron chi connectivity index (χ1n) is 7.52. The predicted octanol–water partition coefficient (Wildman–Crippen LogP) is 3.77. The van der Waals surface area contributed by atoms with Gasteiger partial charge in [-0.05, 0) is 42.0 Å². The van der Waals surface area contributed by atoms with Crippen LogP contribution in [-0.4, -0.2) is 17.0 Å². The molecule has 0 radical (unpaired) electrons. The SMILES string of the molecule is CN(Cc1ccc(F)cc1)c1ncnc(Oc2ccc(F)cc2)c1N. The molecule has 0 amide bonds. The van der Waals surface area contributed by atoms with Gasteiger partial charge in [-0.25, -0.2) is 13.8 Å². The van der Waals surface area contributed by atoms with Crippen LogP contribution in [0.2, 0.25) is 0 Å². The first-order chi connectivity index (χ1) is 12.0. The van der Waals surface area contributed by atoms with Gasteiger partial charge in [-0.2, -0.15) is 4.98 Å². The number of hydrogen-bond donors (Lipinski definition) is 1. The van der Waals surface area contributed by atoms with E-state index < -0.39 is 0 Å². The molecule has 0 aliphatic heterocycles. The second-order valence-electron chi connectivity index (χ2n) is 5.45. The van der Waals surface area contributed by atoms with Gasteiger partial charge in [0.1, 0.15) is 29.4 Å². The number of nitrogen functional groups attached to an aromatic ring is 1. The van der Waals surface area contributed by atoms with E-state index in [0.29, 0.717) is 18.1 Å². The van der Waals surface area contributed by atoms with Crippen LogP contribution >= 0.6 is 0 Å². The number of rotatable bonds is 5. The standard InChI is InChI=1S/C18H16F2N4O/c1-24(10-12-2-4-13(19)5-3-12)17-16(21)18(23-11-22-17)25-15-8-6-14(20)7-9-15/h2-9,11H,10,21H2,1H3. The minimum atomic E-state index is -0.359. The molecule has 0 bridgehead atoms. The van der Waals surface area contributed by atoms with Crippen LogP contribution in [0.5, 0.6) is 11.6 Å². The Kier molecular flexibility index (Phi) is 4.74. The van der Waals surface area contributed by atoms with Gasteiger partial charge in [-0.15, -0.1) is 0 Å². The Morgan fingerprint density at radius 2 is 1.56 bits per heavy atom. The molecule has 2 aromatic carbocycles. The van der Waals surface area contributed by atoms with Gasteiger partial charge in [0, 0.05) is 13.6 Å². The molecule has 1 aromatic heterocycles. The van der Waals surface area contributed by atoms with Gasteiger partial charge < -0.3 is 15.4 Å². The minimum Gasteiger partial charge on any atom is -0.437 e. The van der Waals surface area contributed by atoms with Crippen LogP contribution in [0.25, 0.3) is 0 Å². The zero-order valence-electron chi connectivity index (χ0n) is 13.5. The summed E-state index contributed by atoms with van der Waals surface area (Å²) in [6.45, 7) is 0.484. The molecule has 0 atom stereocenters. The quantitative estimate of drug-likeness (QED) is 0.765. The van der Waals surface area contributed by atoms with Crippen molar-refractivity contribution in [1.82, 2.24) is 9.97 Å². The summed E-state index contributed by atoms with van der Waals surface area (Å²) in [6.07, 6.45) is 1.34. The molecule has 25 heavy (non-hydrogen) atoms. The normalized spacial score (nSPS) is 10.5. The van der Waals surface area contributed by atoms with Gasteiger partial charge in [0.2, 0.25) is 5.88 Å². The molecular formula is C18H16F2N4O. The third kappa shape index (κ3) is 4.00. The zero-order chi connectivity index (χ0) is 17.8. The molecule has 0 fully saturated rings. The van der Waals surface area contributed by atoms with Gasteiger partial charge in [-0.3, -0.25) is 0 Å². The lowest BCUT2D eigenvalue weighted by Gasteiger charge is -2.20. The summed E-state index contributed by atoms with van der Waals surface area (Å²) in [7, 11) is 1.81. The molecule has 0 aliphatic rings. The van der Waals surface area contributed by atoms with Crippen molar-refractivity contribution in [3.8, 4) is 11.6 Å². The molecule has 7 heteroatoms. The molecule has 2 N–H and O–H groups in total. The van der Waals surface area contributed by atoms with Crippen molar-refractivity contribution in [2.24, 2.45) is 0 Å². The Labute approximate surface area is 143 Å². The van der Waals surface area contributed by atoms with Gasteiger partial charge >= 0.3 is 0 Å². The van der Waals surface area contributed by atoms with Crippen molar-refractivity contribution < 1.29 is 13.5 Å². The summed E-state index contributed by atoms with van der Waals surface area (Å²) in [5.41, 5.74) is 7.28. The fourth-order valence-electron chi connectivity index (χ4n) is 2.31. The van der Waals surface area contributed by atoms with Crippen LogP contribution < -0.4 is 15.4 Å². The summed E-state index contributed by atoms with van der Waals surface area (Å²) >= 11 is 0. The number of nitrogens with zero attached hydrogens (tertiary/aromatic N) is 3. The van der Waals surface area contributed by atoms with Crippen LogP contribution in [0.3, 0.4) is 0 Å². The Morgan fingerprint density at radius 3 is 2.20 bits per heavy atom. The van der Waals surface area contributed by atoms with Gasteiger partial charge in [0.05, 0.1) is 0 Å². The van der Waals surface area contributed by atoms with Crippen molar-refractivity contribution >= 4 is 11.5 Å². The highest BCUT2D eigenvalue weighted by atomic mass is 19.1. The first-order valence-corrected chi connectivity index (χ1v) is 7.52. The van der Waals surface area contributed by atoms with Crippen molar-refractivity contribution in [3.05, 3.63) is 72.1 Å². The second-order valence-corrected chi connectivity index (χ2v) is 5.45. The third-order valence-corrected chi connectivity index (χ3v) is 3.55. The summed E-state index contributed by atoms with van der Waals surface area (Å²) in [6, 6.07) is 11.7. The molecule has 3 aromatic rings. The average molecular weight is 342 g/mol. The average Bonchev–Trinajstić information content (AvgIpc) is 2.60. The summed E-state index contributed by atoms with van der Waals surface area (Å²) in [4.78, 5) is 10.0. The molecule has 5 nitrogen and oxygen atoms in total. The Balaban J connectivity index is 1.79. The Hall–Kier alpha value is -3.22. The van der Waals surface area contributed by atoms with E-state index in [9.17, 15) is 8.78 Å². The maximum Gasteiger partial charge on any atom is 0.248 e. The highest BCUT2D eigenvalue weighted by molar-refractivity contribution is 5.68. The number of hydrogen-bond acceptors (Lipinski definition) is 5. The van der Waals surface area contributed by atoms with E-state index in [1.54, 1.807) is 12.1 Å². The van der Waals surface area contributed by atoms with E-state index in [2.05, 4.69) is 9.97 Å². The maximum absolute atomic E-state index is 13.0. The van der Waals surface area contributed by atoms with E-state index in [1.165, 1.54) is 42.7 Å². The van der Waals surface area contributed by atoms with E-state index in [0.717, 1.165) is 5.56 Å². The third-order valence-electron chi connectivity index (χ3n) is 3.55. The summed E-state index contributed by atoms with van der Waals surface area (Å²) < 4.78 is 31.6. The topological polar surface area (TPSA) is 64.3 Å². The number of ether oxygens (including phenoxy) is 1. The van der Waals surface area contributed by atoms with Crippen LogP contribution in [0.15, 0.2) is 54.9 Å². The number of halogens is 2. The smallest absolute Gasteiger partial charge is 0.248 e. The monoisotopic (exact) mass is 342 g/mol. The fraction of sp³-hybridized carbons (Fsp3) is 0.111. The van der Waals surface area contributed by atoms with E-state index in [1.807, 2.05) is 11.9 Å². The largest absolute Gasteiger partial charge is 0.437 e. The number of nitrogens with two attached hydrogens (primary N) is 1. The molecule has 0 unspecified atom stereocenters. The Morgan fingerprint density at radius 1 is 0.960 bits per heavy atom. The van der Waals surface area contributed by atoms with Crippen molar-refractivity contribution in [2.75, 3.05) is 17.7 Å². The van der Waals surface area contributed by atoms with Crippen molar-refractivity contribution in [1.29, 1.82) is 0 Å². The molecule has 128 valence electrons. The lowest BCUT2D eigenvalue weighted by atomic mass is 10.2. The van der Waals surface area contributed by atoms with Gasteiger partial charge in [0.15, 0.2) is 5.82 Å². The molecule has 0 saturated carbocycles. The predicted molar refractivity (Wildman–Crippen MR) is 91.4 cm³/mol. The Bertz CT molecular complexity index is 854. The van der Waals surface area contributed by atoms with E-state index >= 15 is 0 Å². The molecule has 0 spiro atoms. The second kappa shape index (κ2) is 7.12. The molecule has 1 heterocycles. The van der Waals surface area contributed by atoms with Crippen LogP contribution in [0.1, 0.15) is 5.56 Å². The van der Waals surface area contributed by atoms with E-state index in [4.69, 9.17) is 10.5 Å². The highest BCUT2D eigenvalue weighted by Crippen LogP contribution is 2.31. The molecule has 0 aliphatic carbocycles. The minimum absolute atomic E-state index is 0.183. The fourth-order valence-corrected chi connectivity index (χ4v) is 2.31. The van der Waals surface area contributed by atoms with Gasteiger partial charge in [0.25, 0.3) is 0 Å². The van der Waals surface area contributed by atoms with Crippen LogP contribution in [0, 0.1) is 11.6 Å². The van der Waals surface area contributed by atoms with Crippen LogP contribution in [-0.2, 0) is 6.54 Å². The summed E-state index contributed by atoms with van der Waals surface area (Å²) in [5, 5.41) is 0. The van der Waals surface area contributed by atoms with Gasteiger partial charge in [-0.1, -0.05) is 12.1 Å². The first kappa shape index (κ1) is 16.6. The zero-order valence-corrected chi connectivity index (χ0v) is 13.5. The lowest BCUT2D eigenvalue weighted by molar-refractivity contribution is 0.462. The number of aromatic nitrogens is 2. The molecule has 0 saturated heterocycles. The number of benzene rings is 2. The highest BCUT2D eigenvalue weighted by Gasteiger charge is 2.14. The van der Waals surface area contributed by atoms with Crippen molar-refractivity contribution in [2.45, 2.75) is 6.54 Å². The molecular weight excluding hydrogens is 326 g/mol. The van der Waals surface area contributed by atoms with Crippen molar-refractivity contribution in [3.63, 3.8) is 0 Å². The lowest BCUT2D eigenvalue weighted by Crippen LogP contribution is -2.19.